The van der Waals surface area contributed by atoms with Crippen LogP contribution in [0.1, 0.15) is 17.5 Å². The number of likely N-dealkylation sites (N-methyl/N-ethyl adjacent to an activating group) is 1. The fourth-order valence-corrected chi connectivity index (χ4v) is 5.25. The highest BCUT2D eigenvalue weighted by Gasteiger charge is 2.64. The molecule has 1 saturated heterocycles. The minimum Gasteiger partial charge on any atom is -0.508 e. The first kappa shape index (κ1) is 12.1. The average molecular weight is 285 g/mol. The van der Waals surface area contributed by atoms with E-state index in [0.29, 0.717) is 17.7 Å². The standard InChI is InChI=1S/C17H19NO3/c1-18-7-6-17-10-2-3-13(20)16(17)21-14-5-4-12(19)9(15(14)17)8-11(10)18/h2-5,10-11,13,16,19-20H,6-8H2,1H3/t10-,11+,13-,16-,17-/m0/s1. The molecule has 0 saturated carbocycles. The van der Waals surface area contributed by atoms with Crippen LogP contribution in [0.5, 0.6) is 11.5 Å². The number of rotatable bonds is 0. The van der Waals surface area contributed by atoms with Gasteiger partial charge in [-0.1, -0.05) is 12.2 Å². The number of hydrogen-bond acceptors (Lipinski definition) is 4. The second-order valence-electron chi connectivity index (χ2n) is 6.92. The van der Waals surface area contributed by atoms with Crippen molar-refractivity contribution in [2.24, 2.45) is 5.92 Å². The molecule has 0 radical (unpaired) electrons. The number of phenols is 1. The molecule has 4 aliphatic rings. The lowest BCUT2D eigenvalue weighted by molar-refractivity contribution is -0.0452. The zero-order valence-electron chi connectivity index (χ0n) is 12.0. The summed E-state index contributed by atoms with van der Waals surface area (Å²) in [5.74, 6) is 1.60. The Bertz CT molecular complexity index is 670. The van der Waals surface area contributed by atoms with E-state index >= 15 is 0 Å². The van der Waals surface area contributed by atoms with E-state index in [9.17, 15) is 10.2 Å². The smallest absolute Gasteiger partial charge is 0.138 e. The highest BCUT2D eigenvalue weighted by atomic mass is 16.5. The maximum absolute atomic E-state index is 10.4. The van der Waals surface area contributed by atoms with Crippen LogP contribution in [-0.2, 0) is 11.8 Å². The predicted octanol–water partition coefficient (Wildman–Crippen LogP) is 1.20. The van der Waals surface area contributed by atoms with Gasteiger partial charge in [-0.25, -0.2) is 0 Å². The highest BCUT2D eigenvalue weighted by Crippen LogP contribution is 2.61. The molecule has 1 spiro atoms. The molecule has 5 rings (SSSR count). The van der Waals surface area contributed by atoms with E-state index in [1.807, 2.05) is 12.1 Å². The summed E-state index contributed by atoms with van der Waals surface area (Å²) in [4.78, 5) is 2.39. The molecule has 4 heteroatoms. The van der Waals surface area contributed by atoms with Gasteiger partial charge in [0.25, 0.3) is 0 Å². The third-order valence-electron chi connectivity index (χ3n) is 6.17. The molecular weight excluding hydrogens is 266 g/mol. The highest BCUT2D eigenvalue weighted by molar-refractivity contribution is 5.60. The summed E-state index contributed by atoms with van der Waals surface area (Å²) in [6.07, 6.45) is 5.14. The molecule has 5 atom stereocenters. The van der Waals surface area contributed by atoms with E-state index in [1.54, 1.807) is 6.07 Å². The Balaban J connectivity index is 1.85. The van der Waals surface area contributed by atoms with Crippen molar-refractivity contribution < 1.29 is 14.9 Å². The summed E-state index contributed by atoms with van der Waals surface area (Å²) >= 11 is 0. The third kappa shape index (κ3) is 1.21. The Hall–Kier alpha value is -1.52. The van der Waals surface area contributed by atoms with Gasteiger partial charge in [0.2, 0.25) is 0 Å². The van der Waals surface area contributed by atoms with Crippen LogP contribution < -0.4 is 4.74 Å². The first-order valence-corrected chi connectivity index (χ1v) is 7.71. The van der Waals surface area contributed by atoms with E-state index in [1.165, 1.54) is 5.56 Å². The minimum absolute atomic E-state index is 0.160. The van der Waals surface area contributed by atoms with Gasteiger partial charge >= 0.3 is 0 Å². The predicted molar refractivity (Wildman–Crippen MR) is 77.6 cm³/mol. The second kappa shape index (κ2) is 3.62. The molecule has 21 heavy (non-hydrogen) atoms. The number of piperidine rings is 1. The fourth-order valence-electron chi connectivity index (χ4n) is 5.25. The van der Waals surface area contributed by atoms with E-state index in [2.05, 4.69) is 18.0 Å². The number of nitrogens with zero attached hydrogens (tertiary/aromatic N) is 1. The molecule has 0 aromatic heterocycles. The summed E-state index contributed by atoms with van der Waals surface area (Å²) in [7, 11) is 2.16. The molecule has 2 aliphatic carbocycles. The minimum atomic E-state index is -0.564. The molecule has 0 unspecified atom stereocenters. The average Bonchev–Trinajstić information content (AvgIpc) is 2.81. The number of ether oxygens (including phenoxy) is 1. The van der Waals surface area contributed by atoms with Crippen LogP contribution >= 0.6 is 0 Å². The second-order valence-corrected chi connectivity index (χ2v) is 6.92. The maximum atomic E-state index is 10.4. The Morgan fingerprint density at radius 3 is 3.05 bits per heavy atom. The number of benzene rings is 1. The number of aromatic hydroxyl groups is 1. The van der Waals surface area contributed by atoms with Crippen molar-refractivity contribution in [3.05, 3.63) is 35.4 Å². The maximum Gasteiger partial charge on any atom is 0.138 e. The van der Waals surface area contributed by atoms with Crippen LogP contribution in [0.3, 0.4) is 0 Å². The van der Waals surface area contributed by atoms with Crippen LogP contribution in [0.2, 0.25) is 0 Å². The molecule has 2 heterocycles. The van der Waals surface area contributed by atoms with Crippen molar-refractivity contribution in [1.29, 1.82) is 0 Å². The molecule has 4 nitrogen and oxygen atoms in total. The first-order chi connectivity index (χ1) is 10.1. The van der Waals surface area contributed by atoms with Crippen LogP contribution in [0, 0.1) is 5.92 Å². The van der Waals surface area contributed by atoms with E-state index in [-0.39, 0.29) is 11.5 Å². The number of aliphatic hydroxyl groups is 1. The molecule has 1 aromatic rings. The Labute approximate surface area is 123 Å². The van der Waals surface area contributed by atoms with Gasteiger partial charge in [-0.2, -0.15) is 0 Å². The molecule has 2 aliphatic heterocycles. The van der Waals surface area contributed by atoms with Gasteiger partial charge in [0.05, 0.1) is 0 Å². The lowest BCUT2D eigenvalue weighted by atomic mass is 9.53. The zero-order valence-corrected chi connectivity index (χ0v) is 12.0. The van der Waals surface area contributed by atoms with E-state index in [4.69, 9.17) is 4.74 Å². The topological polar surface area (TPSA) is 52.9 Å². The molecule has 0 amide bonds. The van der Waals surface area contributed by atoms with Crippen LogP contribution in [0.15, 0.2) is 24.3 Å². The number of hydrogen-bond donors (Lipinski definition) is 2. The Morgan fingerprint density at radius 2 is 2.19 bits per heavy atom. The van der Waals surface area contributed by atoms with E-state index < -0.39 is 6.10 Å². The van der Waals surface area contributed by atoms with Crippen molar-refractivity contribution in [2.45, 2.75) is 36.5 Å². The largest absolute Gasteiger partial charge is 0.508 e. The lowest BCUT2D eigenvalue weighted by Crippen LogP contribution is -2.64. The van der Waals surface area contributed by atoms with Gasteiger partial charge in [-0.15, -0.1) is 0 Å². The van der Waals surface area contributed by atoms with E-state index in [0.717, 1.165) is 30.7 Å². The normalized spacial score (nSPS) is 42.6. The number of phenolic OH excluding ortho intramolecular Hbond substituents is 1. The van der Waals surface area contributed by atoms with Crippen LogP contribution in [0.4, 0.5) is 0 Å². The third-order valence-corrected chi connectivity index (χ3v) is 6.17. The summed E-state index contributed by atoms with van der Waals surface area (Å²) in [6.45, 7) is 1.01. The fraction of sp³-hybridized carbons (Fsp3) is 0.529. The van der Waals surface area contributed by atoms with Gasteiger partial charge in [0.15, 0.2) is 0 Å². The Morgan fingerprint density at radius 1 is 1.33 bits per heavy atom. The summed E-state index contributed by atoms with van der Waals surface area (Å²) in [5.41, 5.74) is 2.04. The van der Waals surface area contributed by atoms with Gasteiger partial charge in [0, 0.05) is 28.5 Å². The molecule has 2 bridgehead atoms. The van der Waals surface area contributed by atoms with Crippen molar-refractivity contribution >= 4 is 0 Å². The SMILES string of the molecule is CN1CC[C@@]23c4c5ccc(O)c4C[C@@H]1[C@@H]2C=C[C@H](O)[C@@H]3O5. The van der Waals surface area contributed by atoms with Gasteiger partial charge in [-0.05, 0) is 38.6 Å². The summed E-state index contributed by atoms with van der Waals surface area (Å²) in [6, 6.07) is 3.97. The van der Waals surface area contributed by atoms with Gasteiger partial charge < -0.3 is 19.8 Å². The monoisotopic (exact) mass is 285 g/mol. The quantitative estimate of drug-likeness (QED) is 0.703. The molecule has 1 fully saturated rings. The zero-order chi connectivity index (χ0) is 14.4. The van der Waals surface area contributed by atoms with Crippen molar-refractivity contribution in [1.82, 2.24) is 4.90 Å². The Kier molecular flexibility index (Phi) is 2.08. The lowest BCUT2D eigenvalue weighted by Gasteiger charge is -2.56. The summed E-state index contributed by atoms with van der Waals surface area (Å²) < 4.78 is 6.15. The van der Waals surface area contributed by atoms with Crippen molar-refractivity contribution in [2.75, 3.05) is 13.6 Å². The molecular formula is C17H19NO3. The molecule has 1 aromatic carbocycles. The molecule has 110 valence electrons. The first-order valence-electron chi connectivity index (χ1n) is 7.71. The van der Waals surface area contributed by atoms with Crippen LogP contribution in [0.25, 0.3) is 0 Å². The summed E-state index contributed by atoms with van der Waals surface area (Å²) in [5, 5.41) is 20.8. The van der Waals surface area contributed by atoms with Gasteiger partial charge in [0.1, 0.15) is 23.7 Å². The van der Waals surface area contributed by atoms with Gasteiger partial charge in [-0.3, -0.25) is 0 Å². The number of likely N-dealkylation sites (tertiary alicyclic amines) is 1. The number of aliphatic hydroxyl groups excluding tert-OH is 1. The van der Waals surface area contributed by atoms with Crippen molar-refractivity contribution in [3.63, 3.8) is 0 Å². The molecule has 2 N–H and O–H groups in total. The van der Waals surface area contributed by atoms with Crippen LogP contribution in [-0.4, -0.2) is 47.0 Å². The van der Waals surface area contributed by atoms with Crippen molar-refractivity contribution in [3.8, 4) is 11.5 Å².